The number of hydrogen-bond donors (Lipinski definition) is 0. The molecule has 76 heavy (non-hydrogen) atoms. The third kappa shape index (κ3) is 7.87. The van der Waals surface area contributed by atoms with Crippen molar-refractivity contribution in [1.29, 1.82) is 0 Å². The van der Waals surface area contributed by atoms with Crippen LogP contribution in [0.2, 0.25) is 0 Å². The number of carbonyl (C=O) groups excluding carboxylic acids is 4. The van der Waals surface area contributed by atoms with Crippen molar-refractivity contribution >= 4 is 46.2 Å². The van der Waals surface area contributed by atoms with Gasteiger partial charge in [-0.05, 0) is 52.0 Å². The number of ketones is 4. The molecule has 0 radical (unpaired) electrons. The molecule has 24 heteroatoms. The zero-order valence-corrected chi connectivity index (χ0v) is 37.8. The van der Waals surface area contributed by atoms with Crippen molar-refractivity contribution in [3.05, 3.63) is 165 Å². The van der Waals surface area contributed by atoms with Crippen LogP contribution >= 0.6 is 0 Å². The standard InChI is InChI=1S/4C12H7N5O.4CH4/c1-6-2-3-7-8(4-6)9-10(11(7)18)15-12-13-5-14-17(12)16-9;1-6-2-3-7-8(4-6)9-10(11(7)18)16-17-12(15-9)13-5-14-17;1-6-2-3-7-8(4-6)11(18)10-9(7)16-17-12(15-10)13-5-14-17;1-6-2-3-7-8(4-6)11(18)10-9(7)15-12-13-5-14-17(12)16-10;;;;/h4*2-5H,1H3;4*1H4. The molecule has 24 nitrogen and oxygen atoms in total. The van der Waals surface area contributed by atoms with E-state index in [1.54, 1.807) is 0 Å². The minimum absolute atomic E-state index is 0. The molecule has 8 heterocycles. The van der Waals surface area contributed by atoms with Crippen LogP contribution in [0.25, 0.3) is 68.1 Å². The summed E-state index contributed by atoms with van der Waals surface area (Å²) in [6, 6.07) is 22.7. The lowest BCUT2D eigenvalue weighted by Gasteiger charge is -1.99. The first kappa shape index (κ1) is 50.4. The second-order valence-corrected chi connectivity index (χ2v) is 16.9. The van der Waals surface area contributed by atoms with Crippen molar-refractivity contribution < 1.29 is 19.2 Å². The Morgan fingerprint density at radius 1 is 0.289 bits per heavy atom. The molecule has 16 rings (SSSR count). The Hall–Kier alpha value is -10.5. The maximum Gasteiger partial charge on any atom is 0.271 e. The quantitative estimate of drug-likeness (QED) is 0.153. The van der Waals surface area contributed by atoms with Gasteiger partial charge in [-0.1, -0.05) is 100 Å². The van der Waals surface area contributed by atoms with Gasteiger partial charge in [0.25, 0.3) is 23.1 Å². The number of carbonyl (C=O) groups is 4. The number of aryl methyl sites for hydroxylation is 4. The van der Waals surface area contributed by atoms with E-state index < -0.39 is 0 Å². The maximum atomic E-state index is 12.2. The highest BCUT2D eigenvalue weighted by atomic mass is 16.1. The lowest BCUT2D eigenvalue weighted by molar-refractivity contribution is 0.102. The van der Waals surface area contributed by atoms with Crippen LogP contribution in [0.15, 0.2) is 98.1 Å². The van der Waals surface area contributed by atoms with Crippen LogP contribution in [0.3, 0.4) is 0 Å². The van der Waals surface area contributed by atoms with Gasteiger partial charge in [0.1, 0.15) is 59.5 Å². The molecule has 0 amide bonds. The summed E-state index contributed by atoms with van der Waals surface area (Å²) in [4.78, 5) is 81.9. The molecule has 0 atom stereocenters. The summed E-state index contributed by atoms with van der Waals surface area (Å²) in [6.45, 7) is 7.85. The third-order valence-electron chi connectivity index (χ3n) is 12.1. The minimum atomic E-state index is -0.107. The fourth-order valence-electron chi connectivity index (χ4n) is 8.76. The van der Waals surface area contributed by atoms with Crippen molar-refractivity contribution in [3.8, 4) is 45.0 Å². The van der Waals surface area contributed by atoms with Crippen LogP contribution < -0.4 is 0 Å². The first-order valence-corrected chi connectivity index (χ1v) is 21.9. The van der Waals surface area contributed by atoms with Crippen LogP contribution in [0.4, 0.5) is 0 Å². The fourth-order valence-corrected chi connectivity index (χ4v) is 8.76. The number of benzene rings is 4. The minimum Gasteiger partial charge on any atom is -0.287 e. The van der Waals surface area contributed by atoms with Crippen molar-refractivity contribution in [2.45, 2.75) is 57.4 Å². The van der Waals surface area contributed by atoms with Gasteiger partial charge >= 0.3 is 0 Å². The Bertz CT molecular complexity index is 4120. The van der Waals surface area contributed by atoms with Crippen molar-refractivity contribution in [2.24, 2.45) is 0 Å². The summed E-state index contributed by atoms with van der Waals surface area (Å²) in [5, 5.41) is 32.6. The highest BCUT2D eigenvalue weighted by molar-refractivity contribution is 6.22. The summed E-state index contributed by atoms with van der Waals surface area (Å²) in [5.41, 5.74) is 13.8. The molecule has 0 unspecified atom stereocenters. The molecule has 0 N–H and O–H groups in total. The summed E-state index contributed by atoms with van der Waals surface area (Å²) in [5.74, 6) is 1.07. The van der Waals surface area contributed by atoms with Crippen molar-refractivity contribution in [3.63, 3.8) is 0 Å². The van der Waals surface area contributed by atoms with Gasteiger partial charge in [0.15, 0.2) is 11.4 Å². The Morgan fingerprint density at radius 3 is 0.961 bits per heavy atom. The molecule has 0 spiro atoms. The van der Waals surface area contributed by atoms with Crippen LogP contribution in [0.1, 0.15) is 116 Å². The molecule has 4 aromatic carbocycles. The van der Waals surface area contributed by atoms with E-state index in [4.69, 9.17) is 0 Å². The first-order valence-electron chi connectivity index (χ1n) is 21.9. The molecule has 0 aliphatic heterocycles. The highest BCUT2D eigenvalue weighted by Gasteiger charge is 2.34. The Kier molecular flexibility index (Phi) is 12.5. The van der Waals surface area contributed by atoms with Gasteiger partial charge in [-0.15, -0.1) is 59.3 Å². The monoisotopic (exact) mass is 1010 g/mol. The molecule has 8 aromatic heterocycles. The van der Waals surface area contributed by atoms with E-state index in [2.05, 4.69) is 80.7 Å². The molecular formula is C52H44N20O4. The molecule has 0 fully saturated rings. The van der Waals surface area contributed by atoms with Gasteiger partial charge < -0.3 is 0 Å². The SMILES string of the molecule is C.C.C.C.Cc1ccc2c(c1)-c1nc3ncnn3nc1C2=O.Cc1ccc2c(c1)-c1nn3ncnc3nc1C2=O.Cc1ccc2c(c1)C(=O)c1nc3ncnn3nc1-2.Cc1ccc2c(c1)C(=O)c1nn3ncnc3nc1-2. The summed E-state index contributed by atoms with van der Waals surface area (Å²) >= 11 is 0. The summed E-state index contributed by atoms with van der Waals surface area (Å²) in [6.07, 6.45) is 5.47. The summed E-state index contributed by atoms with van der Waals surface area (Å²) < 4.78 is 5.22. The van der Waals surface area contributed by atoms with Crippen LogP contribution in [-0.4, -0.2) is 122 Å². The number of hydrogen-bond acceptors (Lipinski definition) is 20. The fraction of sp³-hybridized carbons (Fsp3) is 0.154. The first-order chi connectivity index (χ1) is 34.9. The smallest absolute Gasteiger partial charge is 0.271 e. The van der Waals surface area contributed by atoms with Gasteiger partial charge in [-0.3, -0.25) is 19.2 Å². The zero-order valence-electron chi connectivity index (χ0n) is 37.8. The van der Waals surface area contributed by atoms with Crippen LogP contribution in [0, 0.1) is 27.7 Å². The Balaban J connectivity index is 0.000000122. The second-order valence-electron chi connectivity index (χ2n) is 16.9. The lowest BCUT2D eigenvalue weighted by Crippen LogP contribution is -2.06. The van der Waals surface area contributed by atoms with Gasteiger partial charge in [0, 0.05) is 44.5 Å². The van der Waals surface area contributed by atoms with Crippen LogP contribution in [0.5, 0.6) is 0 Å². The van der Waals surface area contributed by atoms with Crippen molar-refractivity contribution in [2.75, 3.05) is 0 Å². The highest BCUT2D eigenvalue weighted by Crippen LogP contribution is 2.37. The molecule has 4 aliphatic carbocycles. The summed E-state index contributed by atoms with van der Waals surface area (Å²) in [7, 11) is 0. The predicted octanol–water partition coefficient (Wildman–Crippen LogP) is 6.70. The van der Waals surface area contributed by atoms with Crippen LogP contribution in [-0.2, 0) is 0 Å². The topological polar surface area (TPSA) is 292 Å². The van der Waals surface area contributed by atoms with E-state index in [1.807, 2.05) is 100 Å². The molecule has 376 valence electrons. The van der Waals surface area contributed by atoms with Gasteiger partial charge in [0.2, 0.25) is 23.1 Å². The van der Waals surface area contributed by atoms with Gasteiger partial charge in [-0.2, -0.15) is 19.9 Å². The largest absolute Gasteiger partial charge is 0.287 e. The van der Waals surface area contributed by atoms with E-state index >= 15 is 0 Å². The normalized spacial score (nSPS) is 12.2. The Morgan fingerprint density at radius 2 is 0.553 bits per heavy atom. The molecule has 0 bridgehead atoms. The molecule has 0 saturated heterocycles. The van der Waals surface area contributed by atoms with Crippen molar-refractivity contribution in [1.82, 2.24) is 99.2 Å². The lowest BCUT2D eigenvalue weighted by atomic mass is 10.1. The molecule has 0 saturated carbocycles. The molecular weight excluding hydrogens is 969 g/mol. The Labute approximate surface area is 431 Å². The maximum absolute atomic E-state index is 12.2. The number of fused-ring (bicyclic) bond motifs is 16. The van der Waals surface area contributed by atoms with E-state index in [1.165, 1.54) is 43.8 Å². The molecule has 4 aliphatic rings. The average molecular weight is 1010 g/mol. The number of aromatic nitrogens is 20. The van der Waals surface area contributed by atoms with E-state index in [0.29, 0.717) is 90.9 Å². The van der Waals surface area contributed by atoms with Gasteiger partial charge in [0.05, 0.1) is 0 Å². The molecule has 12 aromatic rings. The van der Waals surface area contributed by atoms with Gasteiger partial charge in [-0.25, -0.2) is 19.9 Å². The number of nitrogens with zero attached hydrogens (tertiary/aromatic N) is 20. The van der Waals surface area contributed by atoms with E-state index in [-0.39, 0.29) is 52.8 Å². The zero-order chi connectivity index (χ0) is 49.1. The predicted molar refractivity (Wildman–Crippen MR) is 276 cm³/mol. The third-order valence-corrected chi connectivity index (χ3v) is 12.1. The number of rotatable bonds is 0. The van der Waals surface area contributed by atoms with E-state index in [9.17, 15) is 19.2 Å². The second kappa shape index (κ2) is 18.8. The van der Waals surface area contributed by atoms with E-state index in [0.717, 1.165) is 44.5 Å². The average Bonchev–Trinajstić information content (AvgIpc) is 4.31.